The molecule has 1 aliphatic carbocycles. The lowest BCUT2D eigenvalue weighted by Crippen LogP contribution is -2.52. The number of amides is 1. The lowest BCUT2D eigenvalue weighted by atomic mass is 9.98. The maximum absolute atomic E-state index is 12.5. The molecule has 2 atom stereocenters. The molecule has 0 unspecified atom stereocenters. The Balaban J connectivity index is 1.49. The molecule has 140 valence electrons. The van der Waals surface area contributed by atoms with Crippen LogP contribution in [0.25, 0.3) is 11.1 Å². The largest absolute Gasteiger partial charge is 0.479 e. The van der Waals surface area contributed by atoms with Gasteiger partial charge in [0.2, 0.25) is 0 Å². The summed E-state index contributed by atoms with van der Waals surface area (Å²) in [5.74, 6) is -1.09. The van der Waals surface area contributed by atoms with Crippen LogP contribution in [0.15, 0.2) is 48.5 Å². The average molecular weight is 367 g/mol. The first-order chi connectivity index (χ1) is 13.0. The van der Waals surface area contributed by atoms with Gasteiger partial charge >= 0.3 is 12.1 Å². The van der Waals surface area contributed by atoms with Crippen LogP contribution in [0.3, 0.4) is 0 Å². The number of carbonyl (C=O) groups excluding carboxylic acids is 1. The molecule has 1 N–H and O–H groups in total. The standard InChI is InChI=1S/C21H21NO5/c1-13-10-22(11-19(27-13)20(23)24)21(25)26-12-18-16-8-4-2-6-14(16)15-7-3-5-9-17(15)18/h2-9,13,18-19H,10-12H2,1H3,(H,23,24)/t13-,19-/m0/s1. The quantitative estimate of drug-likeness (QED) is 0.902. The van der Waals surface area contributed by atoms with Crippen LogP contribution < -0.4 is 0 Å². The number of carboxylic acids is 1. The third kappa shape index (κ3) is 3.28. The Morgan fingerprint density at radius 2 is 1.67 bits per heavy atom. The molecule has 0 saturated carbocycles. The minimum Gasteiger partial charge on any atom is -0.479 e. The highest BCUT2D eigenvalue weighted by molar-refractivity contribution is 5.79. The number of ether oxygens (including phenoxy) is 2. The second-order valence-electron chi connectivity index (χ2n) is 6.98. The normalized spacial score (nSPS) is 21.4. The fraction of sp³-hybridized carbons (Fsp3) is 0.333. The number of nitrogens with zero attached hydrogens (tertiary/aromatic N) is 1. The van der Waals surface area contributed by atoms with E-state index in [0.717, 1.165) is 11.1 Å². The van der Waals surface area contributed by atoms with Gasteiger partial charge in [0.05, 0.1) is 19.2 Å². The van der Waals surface area contributed by atoms with Gasteiger partial charge in [-0.1, -0.05) is 48.5 Å². The highest BCUT2D eigenvalue weighted by Crippen LogP contribution is 2.44. The van der Waals surface area contributed by atoms with Gasteiger partial charge in [0.15, 0.2) is 6.10 Å². The maximum atomic E-state index is 12.5. The molecule has 4 rings (SSSR count). The zero-order valence-electron chi connectivity index (χ0n) is 15.0. The Morgan fingerprint density at radius 1 is 1.07 bits per heavy atom. The molecule has 0 aromatic heterocycles. The van der Waals surface area contributed by atoms with Gasteiger partial charge in [-0.2, -0.15) is 0 Å². The Kier molecular flexibility index (Phi) is 4.58. The first kappa shape index (κ1) is 17.5. The van der Waals surface area contributed by atoms with Gasteiger partial charge < -0.3 is 19.5 Å². The van der Waals surface area contributed by atoms with Crippen LogP contribution in [0.2, 0.25) is 0 Å². The fourth-order valence-corrected chi connectivity index (χ4v) is 3.92. The van der Waals surface area contributed by atoms with Crippen molar-refractivity contribution < 1.29 is 24.2 Å². The minimum atomic E-state index is -1.07. The predicted molar refractivity (Wildman–Crippen MR) is 98.6 cm³/mol. The lowest BCUT2D eigenvalue weighted by Gasteiger charge is -2.34. The van der Waals surface area contributed by atoms with E-state index in [1.165, 1.54) is 16.0 Å². The summed E-state index contributed by atoms with van der Waals surface area (Å²) in [5, 5.41) is 9.17. The molecule has 6 nitrogen and oxygen atoms in total. The van der Waals surface area contributed by atoms with Crippen LogP contribution in [-0.2, 0) is 14.3 Å². The number of morpholine rings is 1. The number of aliphatic carboxylic acids is 1. The molecule has 1 heterocycles. The molecule has 6 heteroatoms. The zero-order chi connectivity index (χ0) is 19.0. The van der Waals surface area contributed by atoms with Crippen molar-refractivity contribution >= 4 is 12.1 Å². The number of benzene rings is 2. The molecule has 1 amide bonds. The molecule has 1 fully saturated rings. The second-order valence-corrected chi connectivity index (χ2v) is 6.98. The number of fused-ring (bicyclic) bond motifs is 3. The van der Waals surface area contributed by atoms with Crippen molar-refractivity contribution in [2.75, 3.05) is 19.7 Å². The van der Waals surface area contributed by atoms with Gasteiger partial charge in [-0.15, -0.1) is 0 Å². The minimum absolute atomic E-state index is 0.00362. The van der Waals surface area contributed by atoms with Crippen molar-refractivity contribution in [3.05, 3.63) is 59.7 Å². The molecule has 1 aliphatic heterocycles. The molecule has 0 radical (unpaired) electrons. The van der Waals surface area contributed by atoms with Crippen molar-refractivity contribution in [3.63, 3.8) is 0 Å². The number of carboxylic acid groups (broad SMARTS) is 1. The fourth-order valence-electron chi connectivity index (χ4n) is 3.92. The summed E-state index contributed by atoms with van der Waals surface area (Å²) in [7, 11) is 0. The number of hydrogen-bond acceptors (Lipinski definition) is 4. The average Bonchev–Trinajstić information content (AvgIpc) is 2.99. The van der Waals surface area contributed by atoms with Crippen molar-refractivity contribution in [1.29, 1.82) is 0 Å². The second kappa shape index (κ2) is 7.04. The van der Waals surface area contributed by atoms with E-state index in [4.69, 9.17) is 9.47 Å². The van der Waals surface area contributed by atoms with E-state index in [9.17, 15) is 14.7 Å². The molecule has 2 aromatic carbocycles. The number of hydrogen-bond donors (Lipinski definition) is 1. The number of rotatable bonds is 3. The summed E-state index contributed by atoms with van der Waals surface area (Å²) in [5.41, 5.74) is 4.62. The molecule has 0 spiro atoms. The van der Waals surface area contributed by atoms with E-state index in [-0.39, 0.29) is 25.2 Å². The summed E-state index contributed by atoms with van der Waals surface area (Å²) in [6, 6.07) is 16.3. The summed E-state index contributed by atoms with van der Waals surface area (Å²) < 4.78 is 10.9. The summed E-state index contributed by atoms with van der Waals surface area (Å²) in [4.78, 5) is 25.2. The third-order valence-electron chi connectivity index (χ3n) is 5.13. The highest BCUT2D eigenvalue weighted by Gasteiger charge is 2.34. The molecule has 1 saturated heterocycles. The molecule has 27 heavy (non-hydrogen) atoms. The van der Waals surface area contributed by atoms with Crippen molar-refractivity contribution in [2.24, 2.45) is 0 Å². The van der Waals surface area contributed by atoms with Gasteiger partial charge in [-0.05, 0) is 29.2 Å². The van der Waals surface area contributed by atoms with Crippen LogP contribution in [0.1, 0.15) is 24.0 Å². The van der Waals surface area contributed by atoms with Crippen LogP contribution in [0.5, 0.6) is 0 Å². The van der Waals surface area contributed by atoms with Gasteiger partial charge in [0.1, 0.15) is 6.61 Å². The molecule has 2 aromatic rings. The lowest BCUT2D eigenvalue weighted by molar-refractivity contribution is -0.161. The highest BCUT2D eigenvalue weighted by atomic mass is 16.6. The SMILES string of the molecule is C[C@H]1CN(C(=O)OCC2c3ccccc3-c3ccccc32)C[C@@H](C(=O)O)O1. The Bertz CT molecular complexity index is 835. The van der Waals surface area contributed by atoms with Crippen LogP contribution in [0.4, 0.5) is 4.79 Å². The zero-order valence-corrected chi connectivity index (χ0v) is 15.0. The van der Waals surface area contributed by atoms with E-state index in [1.807, 2.05) is 24.3 Å². The van der Waals surface area contributed by atoms with Gasteiger partial charge in [0, 0.05) is 5.92 Å². The summed E-state index contributed by atoms with van der Waals surface area (Å²) >= 11 is 0. The third-order valence-corrected chi connectivity index (χ3v) is 5.13. The van der Waals surface area contributed by atoms with Gasteiger partial charge in [-0.25, -0.2) is 9.59 Å². The van der Waals surface area contributed by atoms with E-state index < -0.39 is 18.2 Å². The Hall–Kier alpha value is -2.86. The van der Waals surface area contributed by atoms with Gasteiger partial charge in [-0.3, -0.25) is 0 Å². The topological polar surface area (TPSA) is 76.1 Å². The first-order valence-electron chi connectivity index (χ1n) is 9.02. The van der Waals surface area contributed by atoms with E-state index in [1.54, 1.807) is 6.92 Å². The van der Waals surface area contributed by atoms with E-state index in [0.29, 0.717) is 6.54 Å². The smallest absolute Gasteiger partial charge is 0.409 e. The van der Waals surface area contributed by atoms with Crippen molar-refractivity contribution in [1.82, 2.24) is 4.90 Å². The van der Waals surface area contributed by atoms with Crippen LogP contribution in [0, 0.1) is 0 Å². The molecular weight excluding hydrogens is 346 g/mol. The first-order valence-corrected chi connectivity index (χ1v) is 9.02. The van der Waals surface area contributed by atoms with E-state index >= 15 is 0 Å². The molecular formula is C21H21NO5. The van der Waals surface area contributed by atoms with Crippen molar-refractivity contribution in [3.8, 4) is 11.1 Å². The molecule has 2 aliphatic rings. The molecule has 0 bridgehead atoms. The van der Waals surface area contributed by atoms with Crippen molar-refractivity contribution in [2.45, 2.75) is 25.0 Å². The monoisotopic (exact) mass is 367 g/mol. The Labute approximate surface area is 157 Å². The van der Waals surface area contributed by atoms with Crippen LogP contribution >= 0.6 is 0 Å². The maximum Gasteiger partial charge on any atom is 0.409 e. The van der Waals surface area contributed by atoms with Gasteiger partial charge in [0.25, 0.3) is 0 Å². The van der Waals surface area contributed by atoms with E-state index in [2.05, 4.69) is 24.3 Å². The summed E-state index contributed by atoms with van der Waals surface area (Å²) in [6.07, 6.45) is -1.87. The van der Waals surface area contributed by atoms with Crippen LogP contribution in [-0.4, -0.2) is 54.0 Å². The summed E-state index contributed by atoms with van der Waals surface area (Å²) in [6.45, 7) is 2.28. The Morgan fingerprint density at radius 3 is 2.26 bits per heavy atom. The number of carbonyl (C=O) groups is 2. The predicted octanol–water partition coefficient (Wildman–Crippen LogP) is 3.11.